The Morgan fingerprint density at radius 2 is 1.03 bits per heavy atom. The molecule has 0 aromatic heterocycles. The van der Waals surface area contributed by atoms with Crippen LogP contribution in [0.15, 0.2) is 91.0 Å². The van der Waals surface area contributed by atoms with Crippen molar-refractivity contribution in [3.63, 3.8) is 0 Å². The lowest BCUT2D eigenvalue weighted by Gasteiger charge is -2.35. The van der Waals surface area contributed by atoms with Crippen LogP contribution >= 0.6 is 0 Å². The Hall–Kier alpha value is -3.40. The number of fused-ring (bicyclic) bond motifs is 9. The van der Waals surface area contributed by atoms with E-state index < -0.39 is 12.5 Å². The van der Waals surface area contributed by atoms with Crippen molar-refractivity contribution < 1.29 is 9.31 Å². The summed E-state index contributed by atoms with van der Waals surface area (Å²) in [5, 5.41) is 0. The fraction of sp³-hybridized carbons (Fsp3) is 0.212. The Morgan fingerprint density at radius 1 is 0.528 bits per heavy atom. The lowest BCUT2D eigenvalue weighted by molar-refractivity contribution is 0.00578. The summed E-state index contributed by atoms with van der Waals surface area (Å²) in [7, 11) is -0.407. The molecule has 1 fully saturated rings. The summed E-state index contributed by atoms with van der Waals surface area (Å²) in [6.07, 6.45) is 4.53. The zero-order chi connectivity index (χ0) is 24.7. The first-order chi connectivity index (χ1) is 17.3. The normalized spacial score (nSPS) is 19.4. The highest BCUT2D eigenvalue weighted by atomic mass is 16.7. The average Bonchev–Trinajstić information content (AvgIpc) is 3.22. The van der Waals surface area contributed by atoms with Crippen molar-refractivity contribution >= 4 is 24.7 Å². The van der Waals surface area contributed by atoms with Crippen LogP contribution < -0.4 is 5.46 Å². The second-order valence-corrected chi connectivity index (χ2v) is 11.2. The molecule has 2 aliphatic carbocycles. The maximum absolute atomic E-state index is 6.49. The van der Waals surface area contributed by atoms with E-state index in [1.165, 1.54) is 44.5 Å². The topological polar surface area (TPSA) is 18.5 Å². The Labute approximate surface area is 213 Å². The SMILES string of the molecule is CC1(C)OB(c2ccc3c(c2)C2(c4ccccc4C=Cc4ccccc42)c2ccccc2-3)OC1(C)C. The molecule has 0 unspecified atom stereocenters. The zero-order valence-corrected chi connectivity index (χ0v) is 21.2. The first-order valence-corrected chi connectivity index (χ1v) is 12.8. The molecule has 7 rings (SSSR count). The van der Waals surface area contributed by atoms with E-state index in [-0.39, 0.29) is 11.2 Å². The van der Waals surface area contributed by atoms with Crippen LogP contribution in [0.1, 0.15) is 61.1 Å². The van der Waals surface area contributed by atoms with Gasteiger partial charge in [0.15, 0.2) is 0 Å². The van der Waals surface area contributed by atoms with Gasteiger partial charge in [-0.25, -0.2) is 0 Å². The molecule has 1 heterocycles. The minimum absolute atomic E-state index is 0.386. The van der Waals surface area contributed by atoms with Crippen molar-refractivity contribution in [3.05, 3.63) is 124 Å². The predicted octanol–water partition coefficient (Wildman–Crippen LogP) is 6.83. The molecule has 0 amide bonds. The van der Waals surface area contributed by atoms with Crippen molar-refractivity contribution in [3.8, 4) is 11.1 Å². The number of benzene rings is 4. The molecule has 0 bridgehead atoms. The van der Waals surface area contributed by atoms with Crippen molar-refractivity contribution in [2.24, 2.45) is 0 Å². The van der Waals surface area contributed by atoms with E-state index in [0.29, 0.717) is 0 Å². The van der Waals surface area contributed by atoms with Gasteiger partial charge in [0.2, 0.25) is 0 Å². The number of rotatable bonds is 1. The van der Waals surface area contributed by atoms with E-state index in [4.69, 9.17) is 9.31 Å². The Morgan fingerprint density at radius 3 is 1.64 bits per heavy atom. The van der Waals surface area contributed by atoms with Gasteiger partial charge in [-0.05, 0) is 77.7 Å². The van der Waals surface area contributed by atoms with Crippen LogP contribution in [0.5, 0.6) is 0 Å². The lowest BCUT2D eigenvalue weighted by atomic mass is 9.65. The average molecular weight is 468 g/mol. The summed E-state index contributed by atoms with van der Waals surface area (Å²) in [6.45, 7) is 8.45. The molecular weight excluding hydrogens is 439 g/mol. The molecule has 0 radical (unpaired) electrons. The molecule has 36 heavy (non-hydrogen) atoms. The number of hydrogen-bond acceptors (Lipinski definition) is 2. The Kier molecular flexibility index (Phi) is 4.44. The van der Waals surface area contributed by atoms with Crippen LogP contribution in [-0.2, 0) is 14.7 Å². The largest absolute Gasteiger partial charge is 0.494 e. The summed E-state index contributed by atoms with van der Waals surface area (Å²) >= 11 is 0. The summed E-state index contributed by atoms with van der Waals surface area (Å²) in [5.74, 6) is 0. The van der Waals surface area contributed by atoms with Gasteiger partial charge in [-0.1, -0.05) is 103 Å². The predicted molar refractivity (Wildman–Crippen MR) is 148 cm³/mol. The van der Waals surface area contributed by atoms with Crippen LogP contribution in [0.3, 0.4) is 0 Å². The quantitative estimate of drug-likeness (QED) is 0.246. The highest BCUT2D eigenvalue weighted by Gasteiger charge is 2.53. The molecule has 4 aromatic rings. The van der Waals surface area contributed by atoms with Crippen molar-refractivity contribution in [2.45, 2.75) is 44.3 Å². The van der Waals surface area contributed by atoms with E-state index in [1.54, 1.807) is 0 Å². The highest BCUT2D eigenvalue weighted by molar-refractivity contribution is 6.62. The molecule has 4 aromatic carbocycles. The van der Waals surface area contributed by atoms with Gasteiger partial charge < -0.3 is 9.31 Å². The summed E-state index contributed by atoms with van der Waals surface area (Å²) in [4.78, 5) is 0. The van der Waals surface area contributed by atoms with Crippen molar-refractivity contribution in [1.29, 1.82) is 0 Å². The summed E-state index contributed by atoms with van der Waals surface area (Å²) < 4.78 is 13.0. The van der Waals surface area contributed by atoms with Gasteiger partial charge in [0.05, 0.1) is 16.6 Å². The van der Waals surface area contributed by atoms with Gasteiger partial charge >= 0.3 is 7.12 Å². The fourth-order valence-electron chi connectivity index (χ4n) is 6.30. The van der Waals surface area contributed by atoms with E-state index in [2.05, 4.69) is 131 Å². The highest BCUT2D eigenvalue weighted by Crippen LogP contribution is 2.58. The van der Waals surface area contributed by atoms with Crippen LogP contribution in [-0.4, -0.2) is 18.3 Å². The molecule has 0 N–H and O–H groups in total. The second kappa shape index (κ2) is 7.32. The smallest absolute Gasteiger partial charge is 0.399 e. The van der Waals surface area contributed by atoms with Crippen LogP contribution in [0.2, 0.25) is 0 Å². The molecule has 176 valence electrons. The van der Waals surface area contributed by atoms with Crippen molar-refractivity contribution in [1.82, 2.24) is 0 Å². The summed E-state index contributed by atoms with van der Waals surface area (Å²) in [6, 6.07) is 33.4. The van der Waals surface area contributed by atoms with Gasteiger partial charge in [0.1, 0.15) is 0 Å². The Bertz CT molecular complexity index is 1500. The first-order valence-electron chi connectivity index (χ1n) is 12.8. The van der Waals surface area contributed by atoms with Crippen LogP contribution in [0.25, 0.3) is 23.3 Å². The Balaban J connectivity index is 1.56. The third kappa shape index (κ3) is 2.76. The maximum Gasteiger partial charge on any atom is 0.494 e. The molecule has 3 heteroatoms. The third-order valence-electron chi connectivity index (χ3n) is 8.77. The van der Waals surface area contributed by atoms with Crippen molar-refractivity contribution in [2.75, 3.05) is 0 Å². The monoisotopic (exact) mass is 468 g/mol. The van der Waals surface area contributed by atoms with Crippen LogP contribution in [0.4, 0.5) is 0 Å². The van der Waals surface area contributed by atoms with Gasteiger partial charge in [-0.15, -0.1) is 0 Å². The number of hydrogen-bond donors (Lipinski definition) is 0. The molecule has 1 saturated heterocycles. The van der Waals surface area contributed by atoms with E-state index >= 15 is 0 Å². The molecule has 1 aliphatic heterocycles. The van der Waals surface area contributed by atoms with Gasteiger partial charge in [-0.2, -0.15) is 0 Å². The second-order valence-electron chi connectivity index (χ2n) is 11.2. The summed E-state index contributed by atoms with van der Waals surface area (Å²) in [5.41, 5.74) is 10.2. The van der Waals surface area contributed by atoms with Gasteiger partial charge in [-0.3, -0.25) is 0 Å². The molecule has 0 atom stereocenters. The third-order valence-corrected chi connectivity index (χ3v) is 8.77. The van der Waals surface area contributed by atoms with Gasteiger partial charge in [0, 0.05) is 0 Å². The maximum atomic E-state index is 6.49. The first kappa shape index (κ1) is 21.9. The standard InChI is InChI=1S/C33H29BO2/c1-31(2)32(3,4)36-34(35-31)24-19-20-26-25-13-7-10-16-29(25)33(30(26)21-24)27-14-8-5-11-22(27)17-18-23-12-6-9-15-28(23)33/h5-21H,1-4H3. The molecule has 1 spiro atoms. The molecule has 3 aliphatic rings. The zero-order valence-electron chi connectivity index (χ0n) is 21.2. The van der Waals surface area contributed by atoms with E-state index in [1.807, 2.05) is 0 Å². The van der Waals surface area contributed by atoms with E-state index in [0.717, 1.165) is 5.46 Å². The minimum Gasteiger partial charge on any atom is -0.399 e. The van der Waals surface area contributed by atoms with Gasteiger partial charge in [0.25, 0.3) is 0 Å². The molecule has 2 nitrogen and oxygen atoms in total. The minimum atomic E-state index is -0.428. The lowest BCUT2D eigenvalue weighted by Crippen LogP contribution is -2.41. The molecular formula is C33H29BO2. The fourth-order valence-corrected chi connectivity index (χ4v) is 6.30. The molecule has 0 saturated carbocycles. The van der Waals surface area contributed by atoms with Crippen LogP contribution in [0, 0.1) is 0 Å². The van der Waals surface area contributed by atoms with E-state index in [9.17, 15) is 0 Å².